The maximum absolute atomic E-state index is 14.2. The fraction of sp³-hybridized carbons (Fsp3) is 0.167. The summed E-state index contributed by atoms with van der Waals surface area (Å²) in [6, 6.07) is 7.29. The largest absolute Gasteiger partial charge is 0.507 e. The number of rotatable bonds is 6. The molecule has 0 spiro atoms. The van der Waals surface area contributed by atoms with Gasteiger partial charge in [-0.05, 0) is 36.8 Å². The summed E-state index contributed by atoms with van der Waals surface area (Å²) in [5.74, 6) is -3.66. The van der Waals surface area contributed by atoms with Crippen LogP contribution in [0.5, 0.6) is 5.75 Å². The summed E-state index contributed by atoms with van der Waals surface area (Å²) in [5, 5.41) is 12.5. The number of aromatic hydroxyl groups is 1. The molecule has 0 aliphatic rings. The first-order valence-electron chi connectivity index (χ1n) is 10.5. The third kappa shape index (κ3) is 4.79. The fourth-order valence-corrected chi connectivity index (χ4v) is 3.81. The Morgan fingerprint density at radius 1 is 1.11 bits per heavy atom. The van der Waals surface area contributed by atoms with Crippen molar-refractivity contribution in [3.05, 3.63) is 104 Å². The Hall–Kier alpha value is -4.41. The summed E-state index contributed by atoms with van der Waals surface area (Å²) >= 11 is 0. The summed E-state index contributed by atoms with van der Waals surface area (Å²) in [4.78, 5) is 45.6. The molecule has 0 fully saturated rings. The van der Waals surface area contributed by atoms with Crippen LogP contribution in [0.4, 0.5) is 13.2 Å². The van der Waals surface area contributed by atoms with E-state index in [9.17, 15) is 32.7 Å². The number of aromatic amines is 1. The van der Waals surface area contributed by atoms with E-state index in [1.165, 1.54) is 37.3 Å². The number of fused-ring (bicyclic) bond motifs is 1. The van der Waals surface area contributed by atoms with E-state index in [2.05, 4.69) is 15.3 Å². The van der Waals surface area contributed by atoms with Gasteiger partial charge in [-0.2, -0.15) is 0 Å². The zero-order valence-electron chi connectivity index (χ0n) is 18.3. The number of phenolic OH excluding ortho intramolecular Hbond substituents is 1. The molecule has 0 aliphatic heterocycles. The van der Waals surface area contributed by atoms with Gasteiger partial charge in [0.2, 0.25) is 5.91 Å². The Balaban J connectivity index is 1.79. The lowest BCUT2D eigenvalue weighted by molar-refractivity contribution is -0.125. The van der Waals surface area contributed by atoms with Crippen molar-refractivity contribution in [2.24, 2.45) is 0 Å². The van der Waals surface area contributed by atoms with Crippen LogP contribution in [0.1, 0.15) is 30.3 Å². The van der Waals surface area contributed by atoms with Crippen molar-refractivity contribution in [1.29, 1.82) is 0 Å². The molecule has 11 heteroatoms. The molecule has 4 aromatic rings. The minimum atomic E-state index is -1.47. The average Bonchev–Trinajstić information content (AvgIpc) is 2.79. The molecule has 3 N–H and O–H groups in total. The summed E-state index contributed by atoms with van der Waals surface area (Å²) in [7, 11) is 0. The number of nitrogens with one attached hydrogen (secondary N) is 2. The Kier molecular flexibility index (Phi) is 6.41. The van der Waals surface area contributed by atoms with Crippen LogP contribution >= 0.6 is 0 Å². The van der Waals surface area contributed by atoms with E-state index in [1.54, 1.807) is 0 Å². The van der Waals surface area contributed by atoms with Crippen molar-refractivity contribution in [2.45, 2.75) is 25.4 Å². The fourth-order valence-electron chi connectivity index (χ4n) is 3.81. The molecular formula is C24H19F3N4O4. The van der Waals surface area contributed by atoms with Gasteiger partial charge >= 0.3 is 5.69 Å². The van der Waals surface area contributed by atoms with Crippen LogP contribution in [0.2, 0.25) is 0 Å². The molecule has 2 aromatic heterocycles. The Morgan fingerprint density at radius 3 is 2.51 bits per heavy atom. The smallest absolute Gasteiger partial charge is 0.329 e. The third-order valence-electron chi connectivity index (χ3n) is 5.50. The second-order valence-electron chi connectivity index (χ2n) is 7.90. The molecule has 0 unspecified atom stereocenters. The predicted octanol–water partition coefficient (Wildman–Crippen LogP) is 2.87. The van der Waals surface area contributed by atoms with Crippen molar-refractivity contribution in [3.63, 3.8) is 0 Å². The van der Waals surface area contributed by atoms with Crippen molar-refractivity contribution in [1.82, 2.24) is 19.9 Å². The van der Waals surface area contributed by atoms with Gasteiger partial charge in [0, 0.05) is 12.5 Å². The second-order valence-corrected chi connectivity index (χ2v) is 7.90. The van der Waals surface area contributed by atoms with Crippen molar-refractivity contribution < 1.29 is 23.1 Å². The number of nitrogens with zero attached hydrogens (tertiary/aromatic N) is 2. The molecule has 0 radical (unpaired) electrons. The van der Waals surface area contributed by atoms with Crippen LogP contribution in [0.3, 0.4) is 0 Å². The highest BCUT2D eigenvalue weighted by molar-refractivity contribution is 5.85. The first-order valence-corrected chi connectivity index (χ1v) is 10.5. The topological polar surface area (TPSA) is 117 Å². The van der Waals surface area contributed by atoms with E-state index in [0.29, 0.717) is 16.2 Å². The highest BCUT2D eigenvalue weighted by atomic mass is 19.1. The highest BCUT2D eigenvalue weighted by Crippen LogP contribution is 2.21. The lowest BCUT2D eigenvalue weighted by atomic mass is 10.0. The van der Waals surface area contributed by atoms with Gasteiger partial charge in [-0.1, -0.05) is 18.2 Å². The van der Waals surface area contributed by atoms with Gasteiger partial charge < -0.3 is 15.4 Å². The lowest BCUT2D eigenvalue weighted by Crippen LogP contribution is -2.46. The van der Waals surface area contributed by atoms with E-state index in [-0.39, 0.29) is 23.0 Å². The van der Waals surface area contributed by atoms with Gasteiger partial charge in [0.1, 0.15) is 34.6 Å². The minimum Gasteiger partial charge on any atom is -0.507 e. The zero-order chi connectivity index (χ0) is 25.3. The number of aromatic nitrogens is 3. The molecular weight excluding hydrogens is 465 g/mol. The number of amides is 1. The molecule has 2 heterocycles. The maximum atomic E-state index is 14.2. The molecule has 0 saturated carbocycles. The van der Waals surface area contributed by atoms with E-state index >= 15 is 0 Å². The third-order valence-corrected chi connectivity index (χ3v) is 5.50. The van der Waals surface area contributed by atoms with Crippen LogP contribution in [-0.4, -0.2) is 25.5 Å². The molecule has 1 amide bonds. The molecule has 8 nitrogen and oxygen atoms in total. The molecule has 2 aromatic carbocycles. The van der Waals surface area contributed by atoms with Gasteiger partial charge in [0.05, 0.1) is 23.4 Å². The summed E-state index contributed by atoms with van der Waals surface area (Å²) < 4.78 is 41.4. The molecule has 2 atom stereocenters. The van der Waals surface area contributed by atoms with Crippen LogP contribution in [0, 0.1) is 17.5 Å². The standard InChI is InChI=1S/C24H19F3N4O4/c1-12(21-16(27)10-15(26)11-28-21)29-22(33)18(9-13-5-7-14(25)8-6-13)31-23(34)20-17(30-24(31)35)3-2-4-19(20)32/h2-8,10-12,18,32H,9H2,1H3,(H,29,33)(H,30,35)/t12-,18-/m1/s1. The van der Waals surface area contributed by atoms with Gasteiger partial charge in [0.15, 0.2) is 0 Å². The van der Waals surface area contributed by atoms with Gasteiger partial charge in [0.25, 0.3) is 5.56 Å². The van der Waals surface area contributed by atoms with Crippen LogP contribution in [-0.2, 0) is 11.2 Å². The maximum Gasteiger partial charge on any atom is 0.329 e. The number of benzene rings is 2. The van der Waals surface area contributed by atoms with Crippen molar-refractivity contribution in [3.8, 4) is 5.75 Å². The molecule has 0 aliphatic carbocycles. The van der Waals surface area contributed by atoms with E-state index in [0.717, 1.165) is 18.3 Å². The number of hydrogen-bond donors (Lipinski definition) is 3. The molecule has 0 bridgehead atoms. The van der Waals surface area contributed by atoms with Crippen LogP contribution < -0.4 is 16.6 Å². The monoisotopic (exact) mass is 484 g/mol. The van der Waals surface area contributed by atoms with Gasteiger partial charge in [-0.25, -0.2) is 22.5 Å². The summed E-state index contributed by atoms with van der Waals surface area (Å²) in [6.45, 7) is 1.40. The number of carbonyl (C=O) groups is 1. The van der Waals surface area contributed by atoms with E-state index in [4.69, 9.17) is 0 Å². The quantitative estimate of drug-likeness (QED) is 0.389. The molecule has 0 saturated heterocycles. The highest BCUT2D eigenvalue weighted by Gasteiger charge is 2.28. The average molecular weight is 484 g/mol. The van der Waals surface area contributed by atoms with Gasteiger partial charge in [-0.3, -0.25) is 14.6 Å². The Morgan fingerprint density at radius 2 is 1.83 bits per heavy atom. The normalized spacial score (nSPS) is 12.9. The first-order chi connectivity index (χ1) is 16.7. The number of carbonyl (C=O) groups excluding carboxylic acids is 1. The Labute approximate surface area is 195 Å². The van der Waals surface area contributed by atoms with Crippen LogP contribution in [0.15, 0.2) is 64.3 Å². The van der Waals surface area contributed by atoms with Gasteiger partial charge in [-0.15, -0.1) is 0 Å². The van der Waals surface area contributed by atoms with Crippen molar-refractivity contribution >= 4 is 16.8 Å². The summed E-state index contributed by atoms with van der Waals surface area (Å²) in [6.07, 6.45) is 0.582. The zero-order valence-corrected chi connectivity index (χ0v) is 18.3. The van der Waals surface area contributed by atoms with E-state index < -0.39 is 52.4 Å². The van der Waals surface area contributed by atoms with E-state index in [1.807, 2.05) is 0 Å². The predicted molar refractivity (Wildman–Crippen MR) is 120 cm³/mol. The van der Waals surface area contributed by atoms with Crippen LogP contribution in [0.25, 0.3) is 10.9 Å². The number of phenols is 1. The number of hydrogen-bond acceptors (Lipinski definition) is 5. The molecule has 180 valence electrons. The molecule has 35 heavy (non-hydrogen) atoms. The number of H-pyrrole nitrogens is 1. The SMILES string of the molecule is C[C@@H](NC(=O)[C@@H](Cc1ccc(F)cc1)n1c(=O)[nH]c2cccc(O)c2c1=O)c1ncc(F)cc1F. The lowest BCUT2D eigenvalue weighted by Gasteiger charge is -2.22. The Bertz CT molecular complexity index is 1530. The number of pyridine rings is 1. The molecule has 4 rings (SSSR count). The number of halogens is 3. The van der Waals surface area contributed by atoms with Crippen molar-refractivity contribution in [2.75, 3.05) is 0 Å². The first kappa shape index (κ1) is 23.7. The second kappa shape index (κ2) is 9.45. The minimum absolute atomic E-state index is 0.0724. The summed E-state index contributed by atoms with van der Waals surface area (Å²) in [5.41, 5.74) is -1.60.